The fourth-order valence-corrected chi connectivity index (χ4v) is 3.49. The van der Waals surface area contributed by atoms with Crippen molar-refractivity contribution < 1.29 is 4.39 Å². The van der Waals surface area contributed by atoms with Crippen molar-refractivity contribution in [3.8, 4) is 0 Å². The molecule has 3 heteroatoms. The van der Waals surface area contributed by atoms with Gasteiger partial charge in [0.1, 0.15) is 5.82 Å². The van der Waals surface area contributed by atoms with E-state index in [1.54, 1.807) is 12.1 Å². The third-order valence-corrected chi connectivity index (χ3v) is 4.69. The Bertz CT molecular complexity index is 380. The van der Waals surface area contributed by atoms with Crippen LogP contribution in [-0.4, -0.2) is 23.6 Å². The van der Waals surface area contributed by atoms with Crippen molar-refractivity contribution in [2.45, 2.75) is 38.0 Å². The average molecular weight is 253 g/mol. The molecule has 2 rings (SSSR count). The van der Waals surface area contributed by atoms with Crippen LogP contribution in [0.2, 0.25) is 0 Å². The van der Waals surface area contributed by atoms with E-state index < -0.39 is 0 Å². The maximum absolute atomic E-state index is 12.9. The van der Waals surface area contributed by atoms with Gasteiger partial charge < -0.3 is 5.32 Å². The zero-order valence-electron chi connectivity index (χ0n) is 10.5. The topological polar surface area (TPSA) is 12.0 Å². The predicted molar refractivity (Wildman–Crippen MR) is 73.2 cm³/mol. The average Bonchev–Trinajstić information content (AvgIpc) is 2.68. The SMILES string of the molecule is Cc1cc(F)ccc1CCNC1CSC(C)C1. The monoisotopic (exact) mass is 253 g/mol. The minimum atomic E-state index is -0.139. The van der Waals surface area contributed by atoms with Crippen LogP contribution in [0.4, 0.5) is 4.39 Å². The summed E-state index contributed by atoms with van der Waals surface area (Å²) in [5.41, 5.74) is 2.30. The Morgan fingerprint density at radius 2 is 2.29 bits per heavy atom. The number of hydrogen-bond acceptors (Lipinski definition) is 2. The van der Waals surface area contributed by atoms with Crippen LogP contribution in [0.3, 0.4) is 0 Å². The van der Waals surface area contributed by atoms with E-state index in [-0.39, 0.29) is 5.82 Å². The number of rotatable bonds is 4. The van der Waals surface area contributed by atoms with Crippen LogP contribution in [0.5, 0.6) is 0 Å². The Morgan fingerprint density at radius 1 is 1.47 bits per heavy atom. The Hall–Kier alpha value is -0.540. The van der Waals surface area contributed by atoms with E-state index in [4.69, 9.17) is 0 Å². The first-order chi connectivity index (χ1) is 8.15. The maximum Gasteiger partial charge on any atom is 0.123 e. The van der Waals surface area contributed by atoms with Crippen molar-refractivity contribution in [3.63, 3.8) is 0 Å². The van der Waals surface area contributed by atoms with Gasteiger partial charge in [-0.1, -0.05) is 13.0 Å². The van der Waals surface area contributed by atoms with Gasteiger partial charge in [-0.2, -0.15) is 11.8 Å². The van der Waals surface area contributed by atoms with Crippen molar-refractivity contribution in [2.24, 2.45) is 0 Å². The van der Waals surface area contributed by atoms with E-state index in [0.29, 0.717) is 6.04 Å². The van der Waals surface area contributed by atoms with Crippen LogP contribution in [0.1, 0.15) is 24.5 Å². The van der Waals surface area contributed by atoms with E-state index in [1.165, 1.54) is 17.7 Å². The van der Waals surface area contributed by atoms with Crippen LogP contribution >= 0.6 is 11.8 Å². The molecule has 1 heterocycles. The normalized spacial score (nSPS) is 24.2. The molecule has 0 amide bonds. The molecule has 0 bridgehead atoms. The smallest absolute Gasteiger partial charge is 0.123 e. The Kier molecular flexibility index (Phi) is 4.46. The fraction of sp³-hybridized carbons (Fsp3) is 0.571. The van der Waals surface area contributed by atoms with Gasteiger partial charge >= 0.3 is 0 Å². The Labute approximate surface area is 107 Å². The summed E-state index contributed by atoms with van der Waals surface area (Å²) in [6, 6.07) is 5.73. The molecule has 94 valence electrons. The van der Waals surface area contributed by atoms with Gasteiger partial charge in [-0.25, -0.2) is 4.39 Å². The highest BCUT2D eigenvalue weighted by Crippen LogP contribution is 2.25. The number of nitrogens with one attached hydrogen (secondary N) is 1. The Balaban J connectivity index is 1.78. The van der Waals surface area contributed by atoms with Crippen molar-refractivity contribution in [1.82, 2.24) is 5.32 Å². The van der Waals surface area contributed by atoms with Gasteiger partial charge in [-0.05, 0) is 49.6 Å². The van der Waals surface area contributed by atoms with E-state index in [9.17, 15) is 4.39 Å². The van der Waals surface area contributed by atoms with Gasteiger partial charge in [-0.15, -0.1) is 0 Å². The predicted octanol–water partition coefficient (Wildman–Crippen LogP) is 3.16. The highest BCUT2D eigenvalue weighted by Gasteiger charge is 2.20. The van der Waals surface area contributed by atoms with Crippen molar-refractivity contribution in [2.75, 3.05) is 12.3 Å². The summed E-state index contributed by atoms with van der Waals surface area (Å²) in [6.07, 6.45) is 2.26. The van der Waals surface area contributed by atoms with Crippen LogP contribution in [0.25, 0.3) is 0 Å². The van der Waals surface area contributed by atoms with E-state index in [0.717, 1.165) is 23.8 Å². The summed E-state index contributed by atoms with van der Waals surface area (Å²) in [5.74, 6) is 1.09. The maximum atomic E-state index is 12.9. The first-order valence-electron chi connectivity index (χ1n) is 6.25. The van der Waals surface area contributed by atoms with Gasteiger partial charge in [0.25, 0.3) is 0 Å². The van der Waals surface area contributed by atoms with Crippen molar-refractivity contribution in [3.05, 3.63) is 35.1 Å². The minimum absolute atomic E-state index is 0.139. The molecule has 0 saturated carbocycles. The molecule has 1 aliphatic heterocycles. The highest BCUT2D eigenvalue weighted by atomic mass is 32.2. The van der Waals surface area contributed by atoms with Crippen molar-refractivity contribution >= 4 is 11.8 Å². The second-order valence-electron chi connectivity index (χ2n) is 4.85. The summed E-state index contributed by atoms with van der Waals surface area (Å²) in [4.78, 5) is 0. The summed E-state index contributed by atoms with van der Waals surface area (Å²) in [5, 5.41) is 4.38. The molecule has 1 aromatic carbocycles. The second kappa shape index (κ2) is 5.87. The molecule has 0 aromatic heterocycles. The van der Waals surface area contributed by atoms with Gasteiger partial charge in [0, 0.05) is 17.0 Å². The zero-order chi connectivity index (χ0) is 12.3. The van der Waals surface area contributed by atoms with Gasteiger partial charge in [0.05, 0.1) is 0 Å². The van der Waals surface area contributed by atoms with Crippen LogP contribution < -0.4 is 5.32 Å². The summed E-state index contributed by atoms with van der Waals surface area (Å²) in [6.45, 7) is 5.26. The Morgan fingerprint density at radius 3 is 2.94 bits per heavy atom. The summed E-state index contributed by atoms with van der Waals surface area (Å²) >= 11 is 2.04. The lowest BCUT2D eigenvalue weighted by atomic mass is 10.1. The largest absolute Gasteiger partial charge is 0.313 e. The van der Waals surface area contributed by atoms with Crippen LogP contribution in [0, 0.1) is 12.7 Å². The highest BCUT2D eigenvalue weighted by molar-refractivity contribution is 8.00. The standard InChI is InChI=1S/C14H20FNS/c1-10-7-13(15)4-3-12(10)5-6-16-14-8-11(2)17-9-14/h3-4,7,11,14,16H,5-6,8-9H2,1-2H3. The number of thioether (sulfide) groups is 1. The second-order valence-corrected chi connectivity index (χ2v) is 6.32. The third kappa shape index (κ3) is 3.71. The van der Waals surface area contributed by atoms with E-state index in [2.05, 4.69) is 12.2 Å². The quantitative estimate of drug-likeness (QED) is 0.884. The number of hydrogen-bond donors (Lipinski definition) is 1. The number of halogens is 1. The fourth-order valence-electron chi connectivity index (χ4n) is 2.31. The molecule has 1 aromatic rings. The molecule has 0 spiro atoms. The van der Waals surface area contributed by atoms with Crippen molar-refractivity contribution in [1.29, 1.82) is 0 Å². The number of benzene rings is 1. The number of aryl methyl sites for hydroxylation is 1. The lowest BCUT2D eigenvalue weighted by molar-refractivity contribution is 0.541. The molecule has 17 heavy (non-hydrogen) atoms. The zero-order valence-corrected chi connectivity index (χ0v) is 11.3. The molecular formula is C14H20FNS. The first kappa shape index (κ1) is 12.9. The molecule has 1 nitrogen and oxygen atoms in total. The van der Waals surface area contributed by atoms with Gasteiger partial charge in [0.2, 0.25) is 0 Å². The molecule has 2 atom stereocenters. The molecule has 1 N–H and O–H groups in total. The summed E-state index contributed by atoms with van der Waals surface area (Å²) in [7, 11) is 0. The first-order valence-corrected chi connectivity index (χ1v) is 7.30. The molecule has 0 aliphatic carbocycles. The molecule has 1 fully saturated rings. The molecule has 2 unspecified atom stereocenters. The minimum Gasteiger partial charge on any atom is -0.313 e. The van der Waals surface area contributed by atoms with Crippen LogP contribution in [-0.2, 0) is 6.42 Å². The van der Waals surface area contributed by atoms with Crippen LogP contribution in [0.15, 0.2) is 18.2 Å². The molecule has 0 radical (unpaired) electrons. The molecule has 1 saturated heterocycles. The van der Waals surface area contributed by atoms with E-state index in [1.807, 2.05) is 24.8 Å². The molecular weight excluding hydrogens is 233 g/mol. The van der Waals surface area contributed by atoms with Gasteiger partial charge in [0.15, 0.2) is 0 Å². The third-order valence-electron chi connectivity index (χ3n) is 3.33. The molecule has 1 aliphatic rings. The lowest BCUT2D eigenvalue weighted by Crippen LogP contribution is -2.31. The van der Waals surface area contributed by atoms with Gasteiger partial charge in [-0.3, -0.25) is 0 Å². The lowest BCUT2D eigenvalue weighted by Gasteiger charge is -2.12. The van der Waals surface area contributed by atoms with E-state index >= 15 is 0 Å². The summed E-state index contributed by atoms with van der Waals surface area (Å²) < 4.78 is 12.9.